The Hall–Kier alpha value is -1.44. The summed E-state index contributed by atoms with van der Waals surface area (Å²) in [5.41, 5.74) is 0. The van der Waals surface area contributed by atoms with Crippen LogP contribution >= 0.6 is 11.8 Å². The average molecular weight is 288 g/mol. The van der Waals surface area contributed by atoms with Crippen molar-refractivity contribution in [2.45, 2.75) is 43.0 Å². The minimum Gasteiger partial charge on any atom is -0.449 e. The largest absolute Gasteiger partial charge is 0.513 e. The van der Waals surface area contributed by atoms with Crippen molar-refractivity contribution >= 4 is 29.9 Å². The Morgan fingerprint density at radius 2 is 2.16 bits per heavy atom. The number of rotatable bonds is 5. The number of fused-ring (bicyclic) bond motifs is 1. The Kier molecular flexibility index (Phi) is 4.52. The predicted molar refractivity (Wildman–Crippen MR) is 68.1 cm³/mol. The van der Waals surface area contributed by atoms with Gasteiger partial charge in [0.15, 0.2) is 0 Å². The molecule has 19 heavy (non-hydrogen) atoms. The molecule has 2 heterocycles. The predicted octanol–water partition coefficient (Wildman–Crippen LogP) is 0.933. The van der Waals surface area contributed by atoms with Crippen LogP contribution in [0, 0.1) is 0 Å². The van der Waals surface area contributed by atoms with Crippen LogP contribution in [0.5, 0.6) is 0 Å². The molecule has 7 nitrogen and oxygen atoms in total. The van der Waals surface area contributed by atoms with Gasteiger partial charge in [0.25, 0.3) is 0 Å². The highest BCUT2D eigenvalue weighted by molar-refractivity contribution is 8.00. The van der Waals surface area contributed by atoms with Crippen LogP contribution in [0.1, 0.15) is 25.7 Å². The van der Waals surface area contributed by atoms with E-state index in [4.69, 9.17) is 5.11 Å². The van der Waals surface area contributed by atoms with Gasteiger partial charge >= 0.3 is 18.2 Å². The van der Waals surface area contributed by atoms with Gasteiger partial charge in [0.05, 0.1) is 12.1 Å². The van der Waals surface area contributed by atoms with Gasteiger partial charge in [-0.1, -0.05) is 6.42 Å². The molecule has 2 amide bonds. The lowest BCUT2D eigenvalue weighted by Crippen LogP contribution is -2.36. The standard InChI is InChI=1S/C11H16N2O5S/c14-8(18-11(16)17)4-2-1-3-7-9-6(5-19-7)12-10(15)13-9/h6-7,9H,1-5H2,(H,16,17)(H2,12,13,15)/t6-,7-,9-/m0/s1. The van der Waals surface area contributed by atoms with Crippen LogP contribution in [0.4, 0.5) is 9.59 Å². The van der Waals surface area contributed by atoms with Crippen molar-refractivity contribution in [3.63, 3.8) is 0 Å². The molecule has 8 heteroatoms. The molecule has 106 valence electrons. The lowest BCUT2D eigenvalue weighted by molar-refractivity contribution is -0.139. The van der Waals surface area contributed by atoms with E-state index in [1.165, 1.54) is 0 Å². The number of esters is 1. The Morgan fingerprint density at radius 3 is 2.89 bits per heavy atom. The molecular weight excluding hydrogens is 272 g/mol. The van der Waals surface area contributed by atoms with Gasteiger partial charge in [-0.2, -0.15) is 11.8 Å². The highest BCUT2D eigenvalue weighted by atomic mass is 32.2. The molecule has 0 bridgehead atoms. The molecule has 0 aromatic heterocycles. The molecule has 2 aliphatic rings. The molecule has 3 atom stereocenters. The highest BCUT2D eigenvalue weighted by Crippen LogP contribution is 2.33. The maximum absolute atomic E-state index is 11.2. The summed E-state index contributed by atoms with van der Waals surface area (Å²) in [6.07, 6.45) is 0.864. The summed E-state index contributed by atoms with van der Waals surface area (Å²) in [6.45, 7) is 0. The first-order valence-corrected chi connectivity index (χ1v) is 7.23. The average Bonchev–Trinajstić information content (AvgIpc) is 2.83. The Morgan fingerprint density at radius 1 is 1.37 bits per heavy atom. The fourth-order valence-corrected chi connectivity index (χ4v) is 3.95. The summed E-state index contributed by atoms with van der Waals surface area (Å²) in [4.78, 5) is 32.3. The third kappa shape index (κ3) is 3.76. The van der Waals surface area contributed by atoms with Gasteiger partial charge < -0.3 is 20.5 Å². The molecule has 0 aromatic rings. The van der Waals surface area contributed by atoms with Crippen molar-refractivity contribution in [1.82, 2.24) is 10.6 Å². The summed E-state index contributed by atoms with van der Waals surface area (Å²) >= 11 is 1.82. The fourth-order valence-electron chi connectivity index (χ4n) is 2.41. The van der Waals surface area contributed by atoms with Gasteiger partial charge in [0, 0.05) is 17.4 Å². The van der Waals surface area contributed by atoms with E-state index in [1.807, 2.05) is 11.8 Å². The third-order valence-corrected chi connectivity index (χ3v) is 4.77. The van der Waals surface area contributed by atoms with Crippen LogP contribution in [0.25, 0.3) is 0 Å². The van der Waals surface area contributed by atoms with Crippen molar-refractivity contribution in [3.05, 3.63) is 0 Å². The molecule has 0 spiro atoms. The number of hydrogen-bond acceptors (Lipinski definition) is 5. The van der Waals surface area contributed by atoms with Gasteiger partial charge in [-0.15, -0.1) is 0 Å². The van der Waals surface area contributed by atoms with Crippen LogP contribution in [-0.2, 0) is 9.53 Å². The number of urea groups is 1. The number of carboxylic acid groups (broad SMARTS) is 1. The third-order valence-electron chi connectivity index (χ3n) is 3.26. The van der Waals surface area contributed by atoms with Crippen molar-refractivity contribution in [2.24, 2.45) is 0 Å². The Labute approximate surface area is 114 Å². The van der Waals surface area contributed by atoms with E-state index >= 15 is 0 Å². The first-order valence-electron chi connectivity index (χ1n) is 6.18. The molecule has 2 aliphatic heterocycles. The molecule has 0 aromatic carbocycles. The molecule has 0 aliphatic carbocycles. The minimum absolute atomic E-state index is 0.106. The molecule has 2 saturated heterocycles. The molecule has 0 radical (unpaired) electrons. The second kappa shape index (κ2) is 6.14. The molecule has 2 rings (SSSR count). The molecule has 0 saturated carbocycles. The number of unbranched alkanes of at least 4 members (excludes halogenated alkanes) is 1. The first kappa shape index (κ1) is 14.0. The summed E-state index contributed by atoms with van der Waals surface area (Å²) in [6, 6.07) is 0.272. The van der Waals surface area contributed by atoms with E-state index < -0.39 is 12.1 Å². The number of amides is 2. The number of thioether (sulfide) groups is 1. The second-order valence-electron chi connectivity index (χ2n) is 4.61. The van der Waals surface area contributed by atoms with Crippen LogP contribution < -0.4 is 10.6 Å². The minimum atomic E-state index is -1.56. The highest BCUT2D eigenvalue weighted by Gasteiger charge is 2.42. The summed E-state index contributed by atoms with van der Waals surface area (Å²) < 4.78 is 4.01. The van der Waals surface area contributed by atoms with Crippen molar-refractivity contribution < 1.29 is 24.2 Å². The molecule has 0 unspecified atom stereocenters. The molecule has 2 fully saturated rings. The normalized spacial score (nSPS) is 28.4. The van der Waals surface area contributed by atoms with Crippen LogP contribution in [-0.4, -0.2) is 46.3 Å². The number of carbonyl (C=O) groups is 3. The number of hydrogen-bond donors (Lipinski definition) is 3. The van der Waals surface area contributed by atoms with Crippen molar-refractivity contribution in [3.8, 4) is 0 Å². The van der Waals surface area contributed by atoms with Gasteiger partial charge in [0.1, 0.15) is 0 Å². The van der Waals surface area contributed by atoms with Gasteiger partial charge in [0.2, 0.25) is 0 Å². The number of nitrogens with one attached hydrogen (secondary N) is 2. The molecular formula is C11H16N2O5S. The summed E-state index contributed by atoms with van der Waals surface area (Å²) in [7, 11) is 0. The van der Waals surface area contributed by atoms with Gasteiger partial charge in [-0.25, -0.2) is 9.59 Å². The number of carbonyl (C=O) groups excluding carboxylic acids is 2. The SMILES string of the molecule is O=C1N[C@H]2[C@H](CS[C@H]2CCCCC(=O)OC(=O)O)N1. The Bertz CT molecular complexity index is 389. The van der Waals surface area contributed by atoms with Crippen LogP contribution in [0.15, 0.2) is 0 Å². The lowest BCUT2D eigenvalue weighted by Gasteiger charge is -2.16. The maximum atomic E-state index is 11.2. The monoisotopic (exact) mass is 288 g/mol. The molecule has 3 N–H and O–H groups in total. The smallest absolute Gasteiger partial charge is 0.449 e. The zero-order chi connectivity index (χ0) is 13.8. The van der Waals surface area contributed by atoms with Crippen molar-refractivity contribution in [1.29, 1.82) is 0 Å². The van der Waals surface area contributed by atoms with Gasteiger partial charge in [-0.3, -0.25) is 4.79 Å². The van der Waals surface area contributed by atoms with E-state index in [0.29, 0.717) is 11.7 Å². The zero-order valence-corrected chi connectivity index (χ0v) is 11.1. The Balaban J connectivity index is 1.63. The first-order chi connectivity index (χ1) is 9.06. The topological polar surface area (TPSA) is 105 Å². The van der Waals surface area contributed by atoms with Crippen LogP contribution in [0.3, 0.4) is 0 Å². The second-order valence-corrected chi connectivity index (χ2v) is 5.88. The van der Waals surface area contributed by atoms with E-state index in [2.05, 4.69) is 15.4 Å². The summed E-state index contributed by atoms with van der Waals surface area (Å²) in [5, 5.41) is 14.4. The van der Waals surface area contributed by atoms with Crippen molar-refractivity contribution in [2.75, 3.05) is 5.75 Å². The zero-order valence-electron chi connectivity index (χ0n) is 10.3. The quantitative estimate of drug-likeness (QED) is 0.301. The lowest BCUT2D eigenvalue weighted by atomic mass is 10.0. The van der Waals surface area contributed by atoms with Crippen LogP contribution in [0.2, 0.25) is 0 Å². The maximum Gasteiger partial charge on any atom is 0.513 e. The summed E-state index contributed by atoms with van der Waals surface area (Å²) in [5.74, 6) is 0.204. The van der Waals surface area contributed by atoms with E-state index in [0.717, 1.165) is 18.6 Å². The van der Waals surface area contributed by atoms with Gasteiger partial charge in [-0.05, 0) is 12.8 Å². The van der Waals surface area contributed by atoms with E-state index in [-0.39, 0.29) is 24.5 Å². The van der Waals surface area contributed by atoms with E-state index in [9.17, 15) is 14.4 Å². The van der Waals surface area contributed by atoms with E-state index in [1.54, 1.807) is 0 Å². The fraction of sp³-hybridized carbons (Fsp3) is 0.727. The number of ether oxygens (including phenoxy) is 1.